The maximum absolute atomic E-state index is 14.1. The van der Waals surface area contributed by atoms with Crippen molar-refractivity contribution >= 4 is 38.7 Å². The van der Waals surface area contributed by atoms with Gasteiger partial charge in [0, 0.05) is 42.0 Å². The Balaban J connectivity index is 1.48. The number of anilines is 1. The number of aromatic nitrogens is 1. The summed E-state index contributed by atoms with van der Waals surface area (Å²) >= 11 is 0. The predicted octanol–water partition coefficient (Wildman–Crippen LogP) is 4.59. The van der Waals surface area contributed by atoms with E-state index in [-0.39, 0.29) is 17.5 Å². The summed E-state index contributed by atoms with van der Waals surface area (Å²) in [6.07, 6.45) is 6.49. The maximum Gasteiger partial charge on any atom is 0.328 e. The van der Waals surface area contributed by atoms with Crippen molar-refractivity contribution in [2.75, 3.05) is 25.0 Å². The summed E-state index contributed by atoms with van der Waals surface area (Å²) in [7, 11) is -3.85. The number of aliphatic hydroxyl groups excluding tert-OH is 1. The molecule has 8 nitrogen and oxygen atoms in total. The van der Waals surface area contributed by atoms with Crippen molar-refractivity contribution in [1.82, 2.24) is 9.29 Å². The van der Waals surface area contributed by atoms with Gasteiger partial charge >= 0.3 is 5.97 Å². The molecule has 0 saturated carbocycles. The van der Waals surface area contributed by atoms with Crippen molar-refractivity contribution in [3.05, 3.63) is 101 Å². The molecule has 1 aliphatic carbocycles. The van der Waals surface area contributed by atoms with Gasteiger partial charge in [-0.2, -0.15) is 4.31 Å². The molecule has 9 heteroatoms. The molecular formula is C30H31N3O5S. The van der Waals surface area contributed by atoms with E-state index in [2.05, 4.69) is 10.3 Å². The third-order valence-corrected chi connectivity index (χ3v) is 9.08. The highest BCUT2D eigenvalue weighted by Gasteiger charge is 2.36. The Morgan fingerprint density at radius 2 is 1.90 bits per heavy atom. The fourth-order valence-electron chi connectivity index (χ4n) is 5.28. The molecule has 1 unspecified atom stereocenters. The molecule has 0 aliphatic heterocycles. The quantitative estimate of drug-likeness (QED) is 0.205. The second-order valence-electron chi connectivity index (χ2n) is 9.58. The number of sulfonamides is 1. The van der Waals surface area contributed by atoms with Gasteiger partial charge in [-0.05, 0) is 77.9 Å². The second-order valence-corrected chi connectivity index (χ2v) is 11.5. The van der Waals surface area contributed by atoms with Crippen LogP contribution in [-0.2, 0) is 27.7 Å². The summed E-state index contributed by atoms with van der Waals surface area (Å²) in [6, 6.07) is 20.0. The molecule has 5 rings (SSSR count). The van der Waals surface area contributed by atoms with Crippen LogP contribution < -0.4 is 5.32 Å². The van der Waals surface area contributed by atoms with E-state index >= 15 is 0 Å². The smallest absolute Gasteiger partial charge is 0.328 e. The molecule has 1 atom stereocenters. The first-order chi connectivity index (χ1) is 18.9. The minimum Gasteiger partial charge on any atom is -0.478 e. The summed E-state index contributed by atoms with van der Waals surface area (Å²) in [5, 5.41) is 22.2. The number of aliphatic carboxylic acids is 1. The van der Waals surface area contributed by atoms with Crippen molar-refractivity contribution < 1.29 is 23.4 Å². The SMILES string of the molecule is O=C(O)C=Cc1ccc2c(c1)CCC2N(CCc1c[nH]c2ccccc12)S(=O)(=O)c1ccc(NCCO)cc1. The van der Waals surface area contributed by atoms with Crippen molar-refractivity contribution in [2.45, 2.75) is 30.2 Å². The minimum absolute atomic E-state index is 0.0173. The van der Waals surface area contributed by atoms with Gasteiger partial charge in [0.05, 0.1) is 17.5 Å². The lowest BCUT2D eigenvalue weighted by Gasteiger charge is -2.29. The Morgan fingerprint density at radius 1 is 1.10 bits per heavy atom. The van der Waals surface area contributed by atoms with Crippen LogP contribution in [-0.4, -0.2) is 53.6 Å². The Morgan fingerprint density at radius 3 is 2.67 bits per heavy atom. The topological polar surface area (TPSA) is 123 Å². The van der Waals surface area contributed by atoms with Crippen LogP contribution >= 0.6 is 0 Å². The molecule has 0 saturated heterocycles. The third kappa shape index (κ3) is 5.75. The van der Waals surface area contributed by atoms with Crippen LogP contribution in [0.1, 0.15) is 34.7 Å². The average Bonchev–Trinajstić information content (AvgIpc) is 3.55. The number of carbonyl (C=O) groups is 1. The number of carboxylic acid groups (broad SMARTS) is 1. The van der Waals surface area contributed by atoms with Crippen LogP contribution in [0.15, 0.2) is 83.9 Å². The van der Waals surface area contributed by atoms with E-state index in [1.54, 1.807) is 34.6 Å². The molecule has 0 amide bonds. The number of hydrogen-bond acceptors (Lipinski definition) is 5. The molecule has 1 aliphatic rings. The van der Waals surface area contributed by atoms with E-state index in [4.69, 9.17) is 10.2 Å². The third-order valence-electron chi connectivity index (χ3n) is 7.16. The number of benzene rings is 3. The summed E-state index contributed by atoms with van der Waals surface area (Å²) in [6.45, 7) is 0.668. The lowest BCUT2D eigenvalue weighted by Crippen LogP contribution is -2.35. The average molecular weight is 546 g/mol. The molecule has 202 valence electrons. The lowest BCUT2D eigenvalue weighted by atomic mass is 10.0. The first kappa shape index (κ1) is 26.7. The summed E-state index contributed by atoms with van der Waals surface area (Å²) in [5.74, 6) is -1.01. The van der Waals surface area contributed by atoms with Crippen molar-refractivity contribution in [2.24, 2.45) is 0 Å². The number of aliphatic hydroxyl groups is 1. The van der Waals surface area contributed by atoms with Gasteiger partial charge < -0.3 is 20.5 Å². The summed E-state index contributed by atoms with van der Waals surface area (Å²) in [5.41, 5.74) is 5.56. The van der Waals surface area contributed by atoms with Gasteiger partial charge in [-0.3, -0.25) is 0 Å². The molecule has 0 bridgehead atoms. The van der Waals surface area contributed by atoms with Crippen molar-refractivity contribution in [1.29, 1.82) is 0 Å². The van der Waals surface area contributed by atoms with Crippen molar-refractivity contribution in [3.8, 4) is 0 Å². The van der Waals surface area contributed by atoms with Crippen molar-refractivity contribution in [3.63, 3.8) is 0 Å². The molecule has 4 N–H and O–H groups in total. The van der Waals surface area contributed by atoms with Gasteiger partial charge in [-0.15, -0.1) is 0 Å². The number of para-hydroxylation sites is 1. The van der Waals surface area contributed by atoms with E-state index in [1.165, 1.54) is 0 Å². The van der Waals surface area contributed by atoms with E-state index < -0.39 is 16.0 Å². The number of H-pyrrole nitrogens is 1. The normalized spacial score (nSPS) is 15.3. The highest BCUT2D eigenvalue weighted by Crippen LogP contribution is 2.39. The van der Waals surface area contributed by atoms with Crippen LogP contribution in [0.5, 0.6) is 0 Å². The number of rotatable bonds is 11. The zero-order valence-corrected chi connectivity index (χ0v) is 22.2. The van der Waals surface area contributed by atoms with Gasteiger partial charge in [-0.25, -0.2) is 13.2 Å². The Bertz CT molecular complexity index is 1610. The van der Waals surface area contributed by atoms with Gasteiger partial charge in [0.15, 0.2) is 0 Å². The Labute approximate surface area is 227 Å². The number of nitrogens with one attached hydrogen (secondary N) is 2. The second kappa shape index (κ2) is 11.4. The van der Waals surface area contributed by atoms with Crippen LogP contribution in [0.25, 0.3) is 17.0 Å². The maximum atomic E-state index is 14.1. The molecule has 3 aromatic carbocycles. The van der Waals surface area contributed by atoms with Crippen LogP contribution in [0.4, 0.5) is 5.69 Å². The van der Waals surface area contributed by atoms with E-state index in [9.17, 15) is 13.2 Å². The minimum atomic E-state index is -3.85. The fourth-order valence-corrected chi connectivity index (χ4v) is 6.91. The number of aromatic amines is 1. The number of fused-ring (bicyclic) bond motifs is 2. The fraction of sp³-hybridized carbons (Fsp3) is 0.233. The first-order valence-electron chi connectivity index (χ1n) is 12.9. The monoisotopic (exact) mass is 545 g/mol. The van der Waals surface area contributed by atoms with E-state index in [0.717, 1.165) is 44.9 Å². The number of aryl methyl sites for hydroxylation is 1. The zero-order valence-electron chi connectivity index (χ0n) is 21.4. The van der Waals surface area contributed by atoms with Gasteiger partial charge in [0.25, 0.3) is 0 Å². The molecule has 0 radical (unpaired) electrons. The lowest BCUT2D eigenvalue weighted by molar-refractivity contribution is -0.131. The van der Waals surface area contributed by atoms with E-state index in [1.807, 2.05) is 48.7 Å². The number of nitrogens with zero attached hydrogens (tertiary/aromatic N) is 1. The Kier molecular flexibility index (Phi) is 7.83. The number of hydrogen-bond donors (Lipinski definition) is 4. The van der Waals surface area contributed by atoms with Gasteiger partial charge in [0.2, 0.25) is 10.0 Å². The highest BCUT2D eigenvalue weighted by atomic mass is 32.2. The highest BCUT2D eigenvalue weighted by molar-refractivity contribution is 7.89. The molecule has 1 aromatic heterocycles. The molecule has 0 spiro atoms. The zero-order chi connectivity index (χ0) is 27.4. The largest absolute Gasteiger partial charge is 0.478 e. The molecule has 0 fully saturated rings. The van der Waals surface area contributed by atoms with Crippen LogP contribution in [0.2, 0.25) is 0 Å². The summed E-state index contributed by atoms with van der Waals surface area (Å²) < 4.78 is 29.8. The summed E-state index contributed by atoms with van der Waals surface area (Å²) in [4.78, 5) is 14.4. The first-order valence-corrected chi connectivity index (χ1v) is 14.4. The van der Waals surface area contributed by atoms with Crippen LogP contribution in [0.3, 0.4) is 0 Å². The van der Waals surface area contributed by atoms with Gasteiger partial charge in [-0.1, -0.05) is 36.4 Å². The molecule has 39 heavy (non-hydrogen) atoms. The Hall–Kier alpha value is -3.92. The molecule has 1 heterocycles. The molecular weight excluding hydrogens is 514 g/mol. The van der Waals surface area contributed by atoms with E-state index in [0.29, 0.717) is 32.4 Å². The molecule has 4 aromatic rings. The predicted molar refractivity (Wildman–Crippen MR) is 152 cm³/mol. The van der Waals surface area contributed by atoms with Crippen LogP contribution in [0, 0.1) is 0 Å². The van der Waals surface area contributed by atoms with Gasteiger partial charge in [0.1, 0.15) is 0 Å². The number of carboxylic acids is 1. The standard InChI is InChI=1S/C30H31N3O5S/c34-18-16-31-24-8-10-25(11-9-24)39(37,38)33(17-15-23-20-32-28-4-2-1-3-26(23)28)29-13-7-22-19-21(5-12-27(22)29)6-14-30(35)36/h1-6,8-12,14,19-20,29,31-32,34H,7,13,15-18H2,(H,35,36).